The van der Waals surface area contributed by atoms with Crippen molar-refractivity contribution in [3.63, 3.8) is 0 Å². The molecule has 0 unspecified atom stereocenters. The maximum atomic E-state index is 14.1. The molecule has 0 spiro atoms. The fraction of sp³-hybridized carbons (Fsp3) is 0.351. The van der Waals surface area contributed by atoms with Crippen molar-refractivity contribution in [2.45, 2.75) is 65.3 Å². The monoisotopic (exact) mass is 634 g/mol. The van der Waals surface area contributed by atoms with E-state index in [9.17, 15) is 29.8 Å². The Morgan fingerprint density at radius 1 is 1.04 bits per heavy atom. The van der Waals surface area contributed by atoms with Crippen LogP contribution in [0.15, 0.2) is 77.9 Å². The molecule has 2 N–H and O–H groups in total. The predicted molar refractivity (Wildman–Crippen MR) is 181 cm³/mol. The fourth-order valence-electron chi connectivity index (χ4n) is 7.82. The summed E-state index contributed by atoms with van der Waals surface area (Å²) in [6.07, 6.45) is 5.08. The molecule has 0 saturated carbocycles. The maximum absolute atomic E-state index is 14.1. The third-order valence-corrected chi connectivity index (χ3v) is 9.83. The minimum absolute atomic E-state index is 0.190. The van der Waals surface area contributed by atoms with Crippen LogP contribution < -0.4 is 4.90 Å². The van der Waals surface area contributed by atoms with E-state index in [1.165, 1.54) is 18.2 Å². The summed E-state index contributed by atoms with van der Waals surface area (Å²) in [7, 11) is -1.10. The molecule has 242 valence electrons. The third kappa shape index (κ3) is 6.27. The molecular formula is C37H39BN2O7. The Hall–Kier alpha value is -4.54. The molecule has 2 fully saturated rings. The van der Waals surface area contributed by atoms with Gasteiger partial charge in [-0.3, -0.25) is 19.7 Å². The zero-order valence-corrected chi connectivity index (χ0v) is 26.9. The van der Waals surface area contributed by atoms with Gasteiger partial charge in [-0.15, -0.1) is 0 Å². The third-order valence-electron chi connectivity index (χ3n) is 9.83. The van der Waals surface area contributed by atoms with Gasteiger partial charge in [0.15, 0.2) is 0 Å². The summed E-state index contributed by atoms with van der Waals surface area (Å²) in [6, 6.07) is 19.6. The molecule has 2 heterocycles. The number of nitrogens with zero attached hydrogens (tertiary/aromatic N) is 2. The summed E-state index contributed by atoms with van der Waals surface area (Å²) in [5.41, 5.74) is 6.83. The molecule has 2 aliphatic heterocycles. The number of imide groups is 1. The van der Waals surface area contributed by atoms with Crippen molar-refractivity contribution < 1.29 is 29.3 Å². The minimum Gasteiger partial charge on any atom is -0.507 e. The number of nitro benzene ring substituents is 1. The number of benzene rings is 3. The molecule has 2 amide bonds. The van der Waals surface area contributed by atoms with Gasteiger partial charge in [-0.2, -0.15) is 0 Å². The highest BCUT2D eigenvalue weighted by molar-refractivity contribution is 6.43. The van der Waals surface area contributed by atoms with Gasteiger partial charge in [0.25, 0.3) is 5.69 Å². The average Bonchev–Trinajstić information content (AvgIpc) is 3.30. The van der Waals surface area contributed by atoms with E-state index >= 15 is 0 Å². The number of amides is 2. The Bertz CT molecular complexity index is 1760. The first kappa shape index (κ1) is 32.4. The number of nitro groups is 1. The van der Waals surface area contributed by atoms with Crippen LogP contribution in [-0.2, 0) is 14.2 Å². The second-order valence-corrected chi connectivity index (χ2v) is 12.9. The number of phenolic OH excluding ortho intramolecular Hbond substituents is 1. The summed E-state index contributed by atoms with van der Waals surface area (Å²) in [5, 5.41) is 32.8. The first-order valence-corrected chi connectivity index (χ1v) is 16.3. The van der Waals surface area contributed by atoms with Gasteiger partial charge in [-0.05, 0) is 103 Å². The Kier molecular flexibility index (Phi) is 9.17. The summed E-state index contributed by atoms with van der Waals surface area (Å²) in [4.78, 5) is 39.9. The van der Waals surface area contributed by atoms with Crippen molar-refractivity contribution >= 4 is 42.0 Å². The average molecular weight is 635 g/mol. The van der Waals surface area contributed by atoms with E-state index in [-0.39, 0.29) is 41.2 Å². The van der Waals surface area contributed by atoms with Gasteiger partial charge in [0.1, 0.15) is 5.75 Å². The van der Waals surface area contributed by atoms with E-state index in [0.29, 0.717) is 19.3 Å². The molecule has 1 aliphatic carbocycles. The zero-order chi connectivity index (χ0) is 33.4. The van der Waals surface area contributed by atoms with Gasteiger partial charge in [0.2, 0.25) is 11.8 Å². The maximum Gasteiger partial charge on any atom is 0.455 e. The number of anilines is 1. The lowest BCUT2D eigenvalue weighted by Gasteiger charge is -2.43. The molecular weight excluding hydrogens is 595 g/mol. The van der Waals surface area contributed by atoms with Crippen molar-refractivity contribution in [1.82, 2.24) is 0 Å². The molecule has 6 rings (SSSR count). The van der Waals surface area contributed by atoms with E-state index in [2.05, 4.69) is 25.1 Å². The SMILES string of the molecule is CCCC1=C2[C@@H](CC/C(=C/c3cc(C)c(O)c(C)c3)c3ccccc3)OB(O)C[C@@H]2[C@@H]2C(=O)N(c3cccc([N+](=O)[O-])c3)C(=O)[C@@H]2C1. The quantitative estimate of drug-likeness (QED) is 0.0645. The van der Waals surface area contributed by atoms with E-state index in [1.54, 1.807) is 6.07 Å². The van der Waals surface area contributed by atoms with Crippen LogP contribution in [0.1, 0.15) is 61.3 Å². The fourth-order valence-corrected chi connectivity index (χ4v) is 7.82. The van der Waals surface area contributed by atoms with Gasteiger partial charge in [0.05, 0.1) is 28.6 Å². The molecule has 10 heteroatoms. The molecule has 3 aromatic rings. The lowest BCUT2D eigenvalue weighted by Crippen LogP contribution is -2.46. The number of rotatable bonds is 9. The number of non-ortho nitro benzene ring substituents is 1. The topological polar surface area (TPSA) is 130 Å². The van der Waals surface area contributed by atoms with Gasteiger partial charge in [0, 0.05) is 12.1 Å². The molecule has 0 radical (unpaired) electrons. The summed E-state index contributed by atoms with van der Waals surface area (Å²) in [6.45, 7) is 5.84. The smallest absolute Gasteiger partial charge is 0.455 e. The minimum atomic E-state index is -1.10. The van der Waals surface area contributed by atoms with Crippen molar-refractivity contribution in [3.8, 4) is 5.75 Å². The number of carbonyl (C=O) groups excluding carboxylic acids is 2. The molecule has 4 atom stereocenters. The largest absolute Gasteiger partial charge is 0.507 e. The number of phenols is 1. The number of aromatic hydroxyl groups is 1. The van der Waals surface area contributed by atoms with Crippen LogP contribution in [0, 0.1) is 41.7 Å². The second-order valence-electron chi connectivity index (χ2n) is 12.9. The predicted octanol–water partition coefficient (Wildman–Crippen LogP) is 7.04. The van der Waals surface area contributed by atoms with Crippen LogP contribution in [0.25, 0.3) is 11.6 Å². The van der Waals surface area contributed by atoms with Crippen molar-refractivity contribution in [2.75, 3.05) is 4.90 Å². The molecule has 9 nitrogen and oxygen atoms in total. The number of carbonyl (C=O) groups is 2. The highest BCUT2D eigenvalue weighted by Crippen LogP contribution is 2.52. The number of hydrogen-bond donors (Lipinski definition) is 2. The highest BCUT2D eigenvalue weighted by atomic mass is 16.6. The number of hydrogen-bond acceptors (Lipinski definition) is 7. The lowest BCUT2D eigenvalue weighted by atomic mass is 9.58. The molecule has 0 aromatic heterocycles. The van der Waals surface area contributed by atoms with Crippen LogP contribution in [0.2, 0.25) is 6.32 Å². The second kappa shape index (κ2) is 13.3. The summed E-state index contributed by atoms with van der Waals surface area (Å²) in [5.74, 6) is -2.09. The first-order valence-electron chi connectivity index (χ1n) is 16.3. The Morgan fingerprint density at radius 2 is 1.77 bits per heavy atom. The van der Waals surface area contributed by atoms with Crippen LogP contribution in [0.3, 0.4) is 0 Å². The van der Waals surface area contributed by atoms with Crippen molar-refractivity contribution in [3.05, 3.63) is 110 Å². The van der Waals surface area contributed by atoms with Gasteiger partial charge >= 0.3 is 7.12 Å². The van der Waals surface area contributed by atoms with Crippen molar-refractivity contribution in [2.24, 2.45) is 17.8 Å². The standard InChI is InChI=1S/C37H39BN2O7/c1-4-9-27-19-30-34(37(43)39(36(30)42)28-12-8-13-29(20-28)40(45)46)31-21-38(44)47-32(33(27)31)15-14-26(25-10-6-5-7-11-25)18-24-16-22(2)35(41)23(3)17-24/h5-8,10-13,16-18,20,30-32,34,41,44H,4,9,14-15,19,21H2,1-3H3/b26-18-/t30-,31+,32-,34-/m1/s1. The van der Waals surface area contributed by atoms with E-state index in [4.69, 9.17) is 4.65 Å². The highest BCUT2D eigenvalue weighted by Gasteiger charge is 2.57. The molecule has 3 aromatic carbocycles. The number of fused-ring (bicyclic) bond motifs is 3. The van der Waals surface area contributed by atoms with E-state index in [0.717, 1.165) is 56.7 Å². The Labute approximate surface area is 274 Å². The summed E-state index contributed by atoms with van der Waals surface area (Å²) < 4.78 is 6.24. The number of aryl methyl sites for hydroxylation is 2. The van der Waals surface area contributed by atoms with Gasteiger partial charge in [-0.25, -0.2) is 4.90 Å². The Balaban J connectivity index is 1.34. The van der Waals surface area contributed by atoms with Gasteiger partial charge < -0.3 is 14.8 Å². The molecule has 0 bridgehead atoms. The molecule has 3 aliphatic rings. The normalized spacial score (nSPS) is 22.9. The molecule has 47 heavy (non-hydrogen) atoms. The lowest BCUT2D eigenvalue weighted by molar-refractivity contribution is -0.384. The van der Waals surface area contributed by atoms with Crippen LogP contribution in [0.5, 0.6) is 5.75 Å². The zero-order valence-electron chi connectivity index (χ0n) is 26.9. The van der Waals surface area contributed by atoms with E-state index in [1.807, 2.05) is 44.2 Å². The van der Waals surface area contributed by atoms with Crippen LogP contribution in [0.4, 0.5) is 11.4 Å². The van der Waals surface area contributed by atoms with Crippen LogP contribution >= 0.6 is 0 Å². The molecule has 2 saturated heterocycles. The van der Waals surface area contributed by atoms with E-state index < -0.39 is 30.0 Å². The van der Waals surface area contributed by atoms with Crippen molar-refractivity contribution in [1.29, 1.82) is 0 Å². The van der Waals surface area contributed by atoms with Crippen LogP contribution in [-0.4, -0.2) is 40.1 Å². The number of allylic oxidation sites excluding steroid dienone is 2. The summed E-state index contributed by atoms with van der Waals surface area (Å²) >= 11 is 0. The first-order chi connectivity index (χ1) is 22.6. The Morgan fingerprint density at radius 3 is 2.45 bits per heavy atom. The van der Waals surface area contributed by atoms with Gasteiger partial charge in [-0.1, -0.05) is 61.4 Å².